The molecule has 112 valence electrons. The zero-order valence-electron chi connectivity index (χ0n) is 12.7. The van der Waals surface area contributed by atoms with E-state index < -0.39 is 0 Å². The monoisotopic (exact) mass is 280 g/mol. The molecule has 1 saturated carbocycles. The van der Waals surface area contributed by atoms with Crippen LogP contribution in [0.25, 0.3) is 0 Å². The Labute approximate surface area is 119 Å². The number of hydrogen-bond acceptors (Lipinski definition) is 4. The summed E-state index contributed by atoms with van der Waals surface area (Å²) in [6, 6.07) is 0. The fourth-order valence-corrected chi connectivity index (χ4v) is 3.05. The third-order valence-electron chi connectivity index (χ3n) is 4.14. The van der Waals surface area contributed by atoms with Crippen LogP contribution in [-0.2, 0) is 7.05 Å². The van der Waals surface area contributed by atoms with Gasteiger partial charge in [-0.3, -0.25) is 10.1 Å². The molecule has 2 unspecified atom stereocenters. The number of nitro groups is 1. The number of aromatic nitrogens is 2. The summed E-state index contributed by atoms with van der Waals surface area (Å²) >= 11 is 0. The maximum absolute atomic E-state index is 11.3. The Morgan fingerprint density at radius 2 is 2.20 bits per heavy atom. The van der Waals surface area contributed by atoms with Gasteiger partial charge in [-0.25, -0.2) is 4.68 Å². The first-order valence-electron chi connectivity index (χ1n) is 7.35. The van der Waals surface area contributed by atoms with Crippen LogP contribution in [0.4, 0.5) is 11.5 Å². The molecular formula is C14H24N4O2. The minimum absolute atomic E-state index is 0.0450. The highest BCUT2D eigenvalue weighted by Gasteiger charge is 2.29. The van der Waals surface area contributed by atoms with Crippen molar-refractivity contribution in [3.63, 3.8) is 0 Å². The van der Waals surface area contributed by atoms with E-state index in [1.807, 2.05) is 13.8 Å². The molecule has 6 heteroatoms. The first-order valence-corrected chi connectivity index (χ1v) is 7.35. The number of nitrogens with zero attached hydrogens (tertiary/aromatic N) is 3. The largest absolute Gasteiger partial charge is 0.364 e. The van der Waals surface area contributed by atoms with Gasteiger partial charge in [0.15, 0.2) is 0 Å². The van der Waals surface area contributed by atoms with Crippen LogP contribution in [0, 0.1) is 22.0 Å². The number of anilines is 1. The second-order valence-corrected chi connectivity index (χ2v) is 6.28. The van der Waals surface area contributed by atoms with Gasteiger partial charge in [-0.15, -0.1) is 0 Å². The quantitative estimate of drug-likeness (QED) is 0.663. The first-order chi connectivity index (χ1) is 9.40. The van der Waals surface area contributed by atoms with Gasteiger partial charge in [-0.05, 0) is 24.7 Å². The Balaban J connectivity index is 2.16. The molecule has 0 amide bonds. The van der Waals surface area contributed by atoms with Crippen LogP contribution >= 0.6 is 0 Å². The SMILES string of the molecule is CC1CCC(CNc2c([N+](=O)[O-])c(C(C)C)nn2C)C1. The summed E-state index contributed by atoms with van der Waals surface area (Å²) < 4.78 is 1.60. The minimum atomic E-state index is -0.318. The second-order valence-electron chi connectivity index (χ2n) is 6.28. The Morgan fingerprint density at radius 1 is 1.50 bits per heavy atom. The summed E-state index contributed by atoms with van der Waals surface area (Å²) in [4.78, 5) is 11.0. The van der Waals surface area contributed by atoms with Gasteiger partial charge in [-0.1, -0.05) is 27.2 Å². The van der Waals surface area contributed by atoms with Crippen molar-refractivity contribution in [2.75, 3.05) is 11.9 Å². The molecule has 1 aromatic rings. The van der Waals surface area contributed by atoms with Crippen LogP contribution in [0.3, 0.4) is 0 Å². The van der Waals surface area contributed by atoms with Crippen LogP contribution in [0.15, 0.2) is 0 Å². The third kappa shape index (κ3) is 2.94. The van der Waals surface area contributed by atoms with E-state index >= 15 is 0 Å². The zero-order valence-corrected chi connectivity index (χ0v) is 12.7. The van der Waals surface area contributed by atoms with Gasteiger partial charge in [-0.2, -0.15) is 5.10 Å². The number of rotatable bonds is 5. The maximum Gasteiger partial charge on any atom is 0.334 e. The van der Waals surface area contributed by atoms with E-state index in [4.69, 9.17) is 0 Å². The molecular weight excluding hydrogens is 256 g/mol. The van der Waals surface area contributed by atoms with Gasteiger partial charge < -0.3 is 5.32 Å². The van der Waals surface area contributed by atoms with Crippen LogP contribution in [-0.4, -0.2) is 21.2 Å². The van der Waals surface area contributed by atoms with Crippen LogP contribution < -0.4 is 5.32 Å². The van der Waals surface area contributed by atoms with Crippen molar-refractivity contribution in [1.29, 1.82) is 0 Å². The molecule has 6 nitrogen and oxygen atoms in total. The molecule has 1 aromatic heterocycles. The summed E-state index contributed by atoms with van der Waals surface area (Å²) in [5.41, 5.74) is 0.688. The first kappa shape index (κ1) is 14.8. The van der Waals surface area contributed by atoms with Gasteiger partial charge in [0.1, 0.15) is 5.69 Å². The van der Waals surface area contributed by atoms with Gasteiger partial charge in [0.05, 0.1) is 4.92 Å². The maximum atomic E-state index is 11.3. The van der Waals surface area contributed by atoms with Crippen molar-refractivity contribution >= 4 is 11.5 Å². The molecule has 1 N–H and O–H groups in total. The Kier molecular flexibility index (Phi) is 4.30. The highest BCUT2D eigenvalue weighted by Crippen LogP contribution is 2.34. The average molecular weight is 280 g/mol. The van der Waals surface area contributed by atoms with Crippen molar-refractivity contribution in [1.82, 2.24) is 9.78 Å². The second kappa shape index (κ2) is 5.81. The molecule has 20 heavy (non-hydrogen) atoms. The van der Waals surface area contributed by atoms with Crippen molar-refractivity contribution in [2.45, 2.75) is 46.0 Å². The molecule has 0 spiro atoms. The highest BCUT2D eigenvalue weighted by molar-refractivity contribution is 5.60. The van der Waals surface area contributed by atoms with Crippen molar-refractivity contribution in [3.8, 4) is 0 Å². The molecule has 2 rings (SSSR count). The number of nitrogens with one attached hydrogen (secondary N) is 1. The minimum Gasteiger partial charge on any atom is -0.364 e. The van der Waals surface area contributed by atoms with Crippen LogP contribution in [0.2, 0.25) is 0 Å². The lowest BCUT2D eigenvalue weighted by atomic mass is 10.1. The molecule has 0 aliphatic heterocycles. The van der Waals surface area contributed by atoms with Gasteiger partial charge in [0, 0.05) is 19.5 Å². The lowest BCUT2D eigenvalue weighted by molar-refractivity contribution is -0.384. The van der Waals surface area contributed by atoms with E-state index in [9.17, 15) is 10.1 Å². The van der Waals surface area contributed by atoms with E-state index in [0.29, 0.717) is 17.4 Å². The van der Waals surface area contributed by atoms with E-state index in [2.05, 4.69) is 17.3 Å². The molecule has 1 aliphatic rings. The van der Waals surface area contributed by atoms with Gasteiger partial charge >= 0.3 is 5.69 Å². The summed E-state index contributed by atoms with van der Waals surface area (Å²) in [5.74, 6) is 1.97. The molecule has 2 atom stereocenters. The van der Waals surface area contributed by atoms with Gasteiger partial charge in [0.25, 0.3) is 0 Å². The standard InChI is InChI=1S/C14H24N4O2/c1-9(2)12-13(18(19)20)14(17(4)16-12)15-8-11-6-5-10(3)7-11/h9-11,15H,5-8H2,1-4H3. The molecule has 0 radical (unpaired) electrons. The Morgan fingerprint density at radius 3 is 2.70 bits per heavy atom. The Bertz CT molecular complexity index is 496. The molecule has 0 saturated heterocycles. The average Bonchev–Trinajstić information content (AvgIpc) is 2.90. The molecule has 1 fully saturated rings. The predicted molar refractivity (Wildman–Crippen MR) is 78.9 cm³/mol. The number of aryl methyl sites for hydroxylation is 1. The fourth-order valence-electron chi connectivity index (χ4n) is 3.05. The summed E-state index contributed by atoms with van der Waals surface area (Å²) in [6.45, 7) is 6.92. The smallest absolute Gasteiger partial charge is 0.334 e. The summed E-state index contributed by atoms with van der Waals surface area (Å²) in [6.07, 6.45) is 3.67. The lowest BCUT2D eigenvalue weighted by Crippen LogP contribution is -2.14. The van der Waals surface area contributed by atoms with E-state index in [-0.39, 0.29) is 16.5 Å². The van der Waals surface area contributed by atoms with E-state index in [1.54, 1.807) is 11.7 Å². The zero-order chi connectivity index (χ0) is 14.9. The van der Waals surface area contributed by atoms with Gasteiger partial charge in [0.2, 0.25) is 5.82 Å². The topological polar surface area (TPSA) is 73.0 Å². The highest BCUT2D eigenvalue weighted by atomic mass is 16.6. The van der Waals surface area contributed by atoms with Crippen molar-refractivity contribution in [2.24, 2.45) is 18.9 Å². The predicted octanol–water partition coefficient (Wildman–Crippen LogP) is 3.30. The molecule has 1 heterocycles. The molecule has 1 aliphatic carbocycles. The molecule has 0 bridgehead atoms. The summed E-state index contributed by atoms with van der Waals surface area (Å²) in [7, 11) is 1.76. The Hall–Kier alpha value is -1.59. The summed E-state index contributed by atoms with van der Waals surface area (Å²) in [5, 5.41) is 18.9. The van der Waals surface area contributed by atoms with E-state index in [0.717, 1.165) is 12.5 Å². The lowest BCUT2D eigenvalue weighted by Gasteiger charge is -2.11. The van der Waals surface area contributed by atoms with Crippen LogP contribution in [0.5, 0.6) is 0 Å². The normalized spacial score (nSPS) is 22.4. The number of hydrogen-bond donors (Lipinski definition) is 1. The van der Waals surface area contributed by atoms with Crippen molar-refractivity contribution < 1.29 is 4.92 Å². The fraction of sp³-hybridized carbons (Fsp3) is 0.786. The van der Waals surface area contributed by atoms with Crippen LogP contribution in [0.1, 0.15) is 51.6 Å². The van der Waals surface area contributed by atoms with Crippen molar-refractivity contribution in [3.05, 3.63) is 15.8 Å². The van der Waals surface area contributed by atoms with E-state index in [1.165, 1.54) is 19.3 Å². The third-order valence-corrected chi connectivity index (χ3v) is 4.14. The molecule has 0 aromatic carbocycles.